The van der Waals surface area contributed by atoms with Crippen molar-refractivity contribution in [2.45, 2.75) is 25.4 Å². The number of hydrogen-bond acceptors (Lipinski definition) is 3. The molecule has 2 aromatic rings. The molecule has 1 aliphatic rings. The van der Waals surface area contributed by atoms with Crippen molar-refractivity contribution in [1.29, 1.82) is 0 Å². The monoisotopic (exact) mass is 271 g/mol. The zero-order valence-electron chi connectivity index (χ0n) is 11.3. The van der Waals surface area contributed by atoms with Crippen LogP contribution < -0.4 is 10.6 Å². The Kier molecular flexibility index (Phi) is 3.37. The van der Waals surface area contributed by atoms with Crippen molar-refractivity contribution >= 4 is 6.03 Å². The van der Waals surface area contributed by atoms with Crippen molar-refractivity contribution < 1.29 is 4.79 Å². The van der Waals surface area contributed by atoms with Gasteiger partial charge >= 0.3 is 6.03 Å². The van der Waals surface area contributed by atoms with Crippen molar-refractivity contribution in [1.82, 2.24) is 25.4 Å². The first-order chi connectivity index (χ1) is 9.72. The molecule has 0 radical (unpaired) electrons. The molecule has 1 saturated carbocycles. The molecule has 0 unspecified atom stereocenters. The molecule has 2 aromatic heterocycles. The maximum Gasteiger partial charge on any atom is 0.315 e. The van der Waals surface area contributed by atoms with Crippen molar-refractivity contribution in [3.8, 4) is 11.3 Å². The second-order valence-corrected chi connectivity index (χ2v) is 5.02. The van der Waals surface area contributed by atoms with Gasteiger partial charge in [-0.3, -0.25) is 9.67 Å². The Hall–Kier alpha value is -2.37. The summed E-state index contributed by atoms with van der Waals surface area (Å²) in [5.41, 5.74) is 2.78. The summed E-state index contributed by atoms with van der Waals surface area (Å²) in [4.78, 5) is 16.0. The van der Waals surface area contributed by atoms with Crippen LogP contribution in [0.25, 0.3) is 11.3 Å². The highest BCUT2D eigenvalue weighted by molar-refractivity contribution is 5.75. The highest BCUT2D eigenvalue weighted by Gasteiger charge is 2.23. The summed E-state index contributed by atoms with van der Waals surface area (Å²) >= 11 is 0. The lowest BCUT2D eigenvalue weighted by molar-refractivity contribution is 0.240. The largest absolute Gasteiger partial charge is 0.335 e. The van der Waals surface area contributed by atoms with E-state index in [1.165, 1.54) is 0 Å². The fourth-order valence-electron chi connectivity index (χ4n) is 2.02. The molecule has 20 heavy (non-hydrogen) atoms. The minimum Gasteiger partial charge on any atom is -0.335 e. The summed E-state index contributed by atoms with van der Waals surface area (Å²) in [6.45, 7) is 0.455. The number of aryl methyl sites for hydroxylation is 1. The molecule has 2 amide bonds. The Morgan fingerprint density at radius 3 is 3.05 bits per heavy atom. The van der Waals surface area contributed by atoms with Gasteiger partial charge < -0.3 is 10.6 Å². The Labute approximate surface area is 117 Å². The molecular formula is C14H17N5O. The van der Waals surface area contributed by atoms with Crippen LogP contribution in [-0.4, -0.2) is 26.8 Å². The smallest absolute Gasteiger partial charge is 0.315 e. The van der Waals surface area contributed by atoms with E-state index in [2.05, 4.69) is 20.7 Å². The standard InChI is InChI=1S/C14H17N5O/c1-19-9-11(8-17-19)13-10(3-2-6-15-13)7-16-14(20)18-12-4-5-12/h2-3,6,8-9,12H,4-5,7H2,1H3,(H2,16,18,20). The van der Waals surface area contributed by atoms with Crippen LogP contribution in [0, 0.1) is 0 Å². The van der Waals surface area contributed by atoms with Crippen molar-refractivity contribution in [3.63, 3.8) is 0 Å². The molecule has 6 heteroatoms. The normalized spacial score (nSPS) is 14.1. The van der Waals surface area contributed by atoms with Crippen LogP contribution in [0.5, 0.6) is 0 Å². The van der Waals surface area contributed by atoms with E-state index in [1.54, 1.807) is 17.1 Å². The minimum absolute atomic E-state index is 0.117. The summed E-state index contributed by atoms with van der Waals surface area (Å²) in [5.74, 6) is 0. The van der Waals surface area contributed by atoms with Crippen molar-refractivity contribution in [2.75, 3.05) is 0 Å². The lowest BCUT2D eigenvalue weighted by Gasteiger charge is -2.09. The van der Waals surface area contributed by atoms with E-state index in [0.717, 1.165) is 29.7 Å². The first-order valence-corrected chi connectivity index (χ1v) is 6.69. The highest BCUT2D eigenvalue weighted by Crippen LogP contribution is 2.20. The van der Waals surface area contributed by atoms with Gasteiger partial charge in [0.1, 0.15) is 0 Å². The number of rotatable bonds is 4. The van der Waals surface area contributed by atoms with E-state index >= 15 is 0 Å². The van der Waals surface area contributed by atoms with Crippen molar-refractivity contribution in [3.05, 3.63) is 36.3 Å². The molecule has 3 rings (SSSR count). The summed E-state index contributed by atoms with van der Waals surface area (Å²) < 4.78 is 1.74. The number of carbonyl (C=O) groups excluding carboxylic acids is 1. The number of carbonyl (C=O) groups is 1. The van der Waals surface area contributed by atoms with Gasteiger partial charge in [-0.05, 0) is 24.5 Å². The number of aromatic nitrogens is 3. The topological polar surface area (TPSA) is 71.8 Å². The van der Waals surface area contributed by atoms with Gasteiger partial charge in [-0.1, -0.05) is 6.07 Å². The van der Waals surface area contributed by atoms with Gasteiger partial charge in [0, 0.05) is 37.6 Å². The van der Waals surface area contributed by atoms with Crippen LogP contribution in [-0.2, 0) is 13.6 Å². The van der Waals surface area contributed by atoms with Crippen LogP contribution in [0.4, 0.5) is 4.79 Å². The number of hydrogen-bond donors (Lipinski definition) is 2. The number of nitrogens with zero attached hydrogens (tertiary/aromatic N) is 3. The minimum atomic E-state index is -0.117. The van der Waals surface area contributed by atoms with E-state index in [1.807, 2.05) is 25.4 Å². The van der Waals surface area contributed by atoms with E-state index in [0.29, 0.717) is 12.6 Å². The number of amides is 2. The average Bonchev–Trinajstić information content (AvgIpc) is 3.15. The Morgan fingerprint density at radius 2 is 2.35 bits per heavy atom. The number of urea groups is 1. The molecule has 0 bridgehead atoms. The molecule has 2 heterocycles. The average molecular weight is 271 g/mol. The molecule has 104 valence electrons. The van der Waals surface area contributed by atoms with Gasteiger partial charge in [0.2, 0.25) is 0 Å². The lowest BCUT2D eigenvalue weighted by Crippen LogP contribution is -2.36. The van der Waals surface area contributed by atoms with E-state index in [-0.39, 0.29) is 6.03 Å². The second kappa shape index (κ2) is 5.32. The zero-order chi connectivity index (χ0) is 13.9. The molecule has 1 fully saturated rings. The zero-order valence-corrected chi connectivity index (χ0v) is 11.3. The SMILES string of the molecule is Cn1cc(-c2ncccc2CNC(=O)NC2CC2)cn1. The molecule has 0 atom stereocenters. The van der Waals surface area contributed by atoms with Crippen molar-refractivity contribution in [2.24, 2.45) is 7.05 Å². The third-order valence-electron chi connectivity index (χ3n) is 3.22. The van der Waals surface area contributed by atoms with Gasteiger partial charge in [0.25, 0.3) is 0 Å². The van der Waals surface area contributed by atoms with Gasteiger partial charge in [0.05, 0.1) is 11.9 Å². The maximum atomic E-state index is 11.7. The highest BCUT2D eigenvalue weighted by atomic mass is 16.2. The first-order valence-electron chi connectivity index (χ1n) is 6.69. The summed E-state index contributed by atoms with van der Waals surface area (Å²) in [6.07, 6.45) is 7.60. The first kappa shape index (κ1) is 12.7. The predicted molar refractivity (Wildman–Crippen MR) is 74.8 cm³/mol. The van der Waals surface area contributed by atoms with Gasteiger partial charge in [0.15, 0.2) is 0 Å². The Morgan fingerprint density at radius 1 is 1.50 bits per heavy atom. The van der Waals surface area contributed by atoms with Gasteiger partial charge in [-0.25, -0.2) is 4.79 Å². The quantitative estimate of drug-likeness (QED) is 0.884. The van der Waals surface area contributed by atoms with Gasteiger partial charge in [-0.15, -0.1) is 0 Å². The molecule has 0 spiro atoms. The summed E-state index contributed by atoms with van der Waals surface area (Å²) in [5, 5.41) is 9.92. The molecule has 0 saturated heterocycles. The van der Waals surface area contributed by atoms with Crippen LogP contribution in [0.2, 0.25) is 0 Å². The lowest BCUT2D eigenvalue weighted by atomic mass is 10.1. The number of nitrogens with one attached hydrogen (secondary N) is 2. The second-order valence-electron chi connectivity index (χ2n) is 5.02. The third kappa shape index (κ3) is 2.96. The predicted octanol–water partition coefficient (Wildman–Crippen LogP) is 1.44. The Balaban J connectivity index is 1.70. The van der Waals surface area contributed by atoms with E-state index < -0.39 is 0 Å². The summed E-state index contributed by atoms with van der Waals surface area (Å²) in [7, 11) is 1.87. The molecular weight excluding hydrogens is 254 g/mol. The van der Waals surface area contributed by atoms with Crippen LogP contribution in [0.15, 0.2) is 30.7 Å². The third-order valence-corrected chi connectivity index (χ3v) is 3.22. The number of pyridine rings is 1. The molecule has 1 aliphatic carbocycles. The maximum absolute atomic E-state index is 11.7. The van der Waals surface area contributed by atoms with Crippen LogP contribution >= 0.6 is 0 Å². The fourth-order valence-corrected chi connectivity index (χ4v) is 2.02. The molecule has 0 aliphatic heterocycles. The molecule has 6 nitrogen and oxygen atoms in total. The molecule has 0 aromatic carbocycles. The van der Waals surface area contributed by atoms with Crippen LogP contribution in [0.1, 0.15) is 18.4 Å². The van der Waals surface area contributed by atoms with E-state index in [9.17, 15) is 4.79 Å². The fraction of sp³-hybridized carbons (Fsp3) is 0.357. The summed E-state index contributed by atoms with van der Waals surface area (Å²) in [6, 6.07) is 4.08. The van der Waals surface area contributed by atoms with Gasteiger partial charge in [-0.2, -0.15) is 5.10 Å². The molecule has 2 N–H and O–H groups in total. The Bertz CT molecular complexity index is 618. The van der Waals surface area contributed by atoms with Crippen LogP contribution in [0.3, 0.4) is 0 Å². The van der Waals surface area contributed by atoms with E-state index in [4.69, 9.17) is 0 Å².